The highest BCUT2D eigenvalue weighted by Crippen LogP contribution is 2.35. The van der Waals surface area contributed by atoms with Crippen molar-refractivity contribution < 1.29 is 19.0 Å². The topological polar surface area (TPSA) is 44.8 Å². The molecular weight excluding hydrogens is 244 g/mol. The van der Waals surface area contributed by atoms with Crippen LogP contribution in [-0.2, 0) is 9.53 Å². The standard InChI is InChI=1S/C15H18O4/c1-15(2,3)19-14(16)11-8-10-6-5-7-12(17-4)13(10)18-9-11/h5-8H,9H2,1-4H3. The molecule has 0 saturated carbocycles. The maximum atomic E-state index is 12.0. The fraction of sp³-hybridized carbons (Fsp3) is 0.400. The molecule has 0 aromatic heterocycles. The van der Waals surface area contributed by atoms with Crippen molar-refractivity contribution in [2.75, 3.05) is 13.7 Å². The highest BCUT2D eigenvalue weighted by molar-refractivity contribution is 5.95. The highest BCUT2D eigenvalue weighted by Gasteiger charge is 2.24. The van der Waals surface area contributed by atoms with Crippen LogP contribution in [0.1, 0.15) is 26.3 Å². The molecule has 0 N–H and O–H groups in total. The Kier molecular flexibility index (Phi) is 3.51. The first-order chi connectivity index (χ1) is 8.90. The van der Waals surface area contributed by atoms with Crippen molar-refractivity contribution in [2.45, 2.75) is 26.4 Å². The van der Waals surface area contributed by atoms with Gasteiger partial charge in [0.1, 0.15) is 12.2 Å². The van der Waals surface area contributed by atoms with Crippen molar-refractivity contribution in [2.24, 2.45) is 0 Å². The highest BCUT2D eigenvalue weighted by atomic mass is 16.6. The van der Waals surface area contributed by atoms with Gasteiger partial charge in [0.15, 0.2) is 11.5 Å². The molecule has 0 bridgehead atoms. The van der Waals surface area contributed by atoms with Crippen molar-refractivity contribution in [1.29, 1.82) is 0 Å². The summed E-state index contributed by atoms with van der Waals surface area (Å²) in [5.74, 6) is 0.982. The summed E-state index contributed by atoms with van der Waals surface area (Å²) in [6.07, 6.45) is 1.79. The van der Waals surface area contributed by atoms with Gasteiger partial charge in [-0.3, -0.25) is 0 Å². The molecule has 0 unspecified atom stereocenters. The quantitative estimate of drug-likeness (QED) is 0.769. The summed E-state index contributed by atoms with van der Waals surface area (Å²) in [6, 6.07) is 5.56. The lowest BCUT2D eigenvalue weighted by Crippen LogP contribution is -2.27. The Bertz CT molecular complexity index is 523. The molecule has 102 valence electrons. The van der Waals surface area contributed by atoms with Crippen molar-refractivity contribution in [3.05, 3.63) is 29.3 Å². The summed E-state index contributed by atoms with van der Waals surface area (Å²) in [7, 11) is 1.59. The van der Waals surface area contributed by atoms with Crippen LogP contribution in [0.25, 0.3) is 6.08 Å². The number of hydrogen-bond acceptors (Lipinski definition) is 4. The van der Waals surface area contributed by atoms with Crippen molar-refractivity contribution >= 4 is 12.0 Å². The van der Waals surface area contributed by atoms with Crippen LogP contribution < -0.4 is 9.47 Å². The Balaban J connectivity index is 2.27. The molecule has 0 amide bonds. The van der Waals surface area contributed by atoms with Gasteiger partial charge in [-0.2, -0.15) is 0 Å². The van der Waals surface area contributed by atoms with Gasteiger partial charge in [-0.1, -0.05) is 12.1 Å². The van der Waals surface area contributed by atoms with E-state index in [1.54, 1.807) is 13.2 Å². The summed E-state index contributed by atoms with van der Waals surface area (Å²) >= 11 is 0. The predicted octanol–water partition coefficient (Wildman–Crippen LogP) is 2.81. The monoisotopic (exact) mass is 262 g/mol. The third-order valence-corrected chi connectivity index (χ3v) is 2.59. The molecule has 0 saturated heterocycles. The molecular formula is C15H18O4. The average Bonchev–Trinajstić information content (AvgIpc) is 2.35. The maximum Gasteiger partial charge on any atom is 0.338 e. The van der Waals surface area contributed by atoms with Gasteiger partial charge in [-0.15, -0.1) is 0 Å². The van der Waals surface area contributed by atoms with E-state index in [0.717, 1.165) is 5.56 Å². The number of para-hydroxylation sites is 1. The fourth-order valence-corrected chi connectivity index (χ4v) is 1.80. The van der Waals surface area contributed by atoms with Crippen LogP contribution in [0.2, 0.25) is 0 Å². The van der Waals surface area contributed by atoms with E-state index in [2.05, 4.69) is 0 Å². The van der Waals surface area contributed by atoms with Gasteiger partial charge < -0.3 is 14.2 Å². The number of carbonyl (C=O) groups is 1. The number of esters is 1. The minimum absolute atomic E-state index is 0.197. The van der Waals surface area contributed by atoms with E-state index in [1.807, 2.05) is 39.0 Å². The number of methoxy groups -OCH3 is 1. The Hall–Kier alpha value is -1.97. The van der Waals surface area contributed by atoms with Crippen molar-refractivity contribution in [3.8, 4) is 11.5 Å². The van der Waals surface area contributed by atoms with E-state index >= 15 is 0 Å². The second kappa shape index (κ2) is 4.96. The lowest BCUT2D eigenvalue weighted by atomic mass is 10.1. The Labute approximate surface area is 113 Å². The van der Waals surface area contributed by atoms with Crippen molar-refractivity contribution in [1.82, 2.24) is 0 Å². The fourth-order valence-electron chi connectivity index (χ4n) is 1.80. The summed E-state index contributed by atoms with van der Waals surface area (Å²) < 4.78 is 16.1. The van der Waals surface area contributed by atoms with Crippen LogP contribution in [0, 0.1) is 0 Å². The van der Waals surface area contributed by atoms with E-state index in [-0.39, 0.29) is 12.6 Å². The molecule has 2 rings (SSSR count). The van der Waals surface area contributed by atoms with Gasteiger partial charge >= 0.3 is 5.97 Å². The first kappa shape index (κ1) is 13.5. The third-order valence-electron chi connectivity index (χ3n) is 2.59. The molecule has 1 aromatic carbocycles. The van der Waals surface area contributed by atoms with E-state index in [9.17, 15) is 4.79 Å². The number of rotatable bonds is 2. The Morgan fingerprint density at radius 1 is 1.32 bits per heavy atom. The van der Waals surface area contributed by atoms with Gasteiger partial charge in [0, 0.05) is 5.56 Å². The molecule has 0 atom stereocenters. The number of hydrogen-bond donors (Lipinski definition) is 0. The SMILES string of the molecule is COc1cccc2c1OCC(C(=O)OC(C)(C)C)=C2. The number of ether oxygens (including phenoxy) is 3. The van der Waals surface area contributed by atoms with E-state index in [1.165, 1.54) is 0 Å². The zero-order valence-electron chi connectivity index (χ0n) is 11.6. The normalized spacial score (nSPS) is 14.0. The molecule has 4 heteroatoms. The van der Waals surface area contributed by atoms with Gasteiger partial charge in [0.2, 0.25) is 0 Å². The maximum absolute atomic E-state index is 12.0. The molecule has 4 nitrogen and oxygen atoms in total. The lowest BCUT2D eigenvalue weighted by molar-refractivity contribution is -0.150. The smallest absolute Gasteiger partial charge is 0.338 e. The zero-order valence-corrected chi connectivity index (χ0v) is 11.6. The summed E-state index contributed by atoms with van der Waals surface area (Å²) in [5, 5.41) is 0. The van der Waals surface area contributed by atoms with Gasteiger partial charge in [0.25, 0.3) is 0 Å². The first-order valence-electron chi connectivity index (χ1n) is 6.14. The Morgan fingerprint density at radius 3 is 2.68 bits per heavy atom. The largest absolute Gasteiger partial charge is 0.493 e. The predicted molar refractivity (Wildman–Crippen MR) is 72.3 cm³/mol. The molecule has 1 aliphatic heterocycles. The summed E-state index contributed by atoms with van der Waals surface area (Å²) in [5.41, 5.74) is 0.828. The van der Waals surface area contributed by atoms with Crippen LogP contribution in [0.3, 0.4) is 0 Å². The van der Waals surface area contributed by atoms with Crippen LogP contribution in [0.4, 0.5) is 0 Å². The van der Waals surface area contributed by atoms with Crippen molar-refractivity contribution in [3.63, 3.8) is 0 Å². The van der Waals surface area contributed by atoms with Gasteiger partial charge in [-0.25, -0.2) is 4.79 Å². The van der Waals surface area contributed by atoms with E-state index < -0.39 is 5.60 Å². The van der Waals surface area contributed by atoms with Gasteiger partial charge in [0.05, 0.1) is 12.7 Å². The molecule has 0 aliphatic carbocycles. The molecule has 1 aromatic rings. The Morgan fingerprint density at radius 2 is 2.05 bits per heavy atom. The number of fused-ring (bicyclic) bond motifs is 1. The lowest BCUT2D eigenvalue weighted by Gasteiger charge is -2.23. The number of carbonyl (C=O) groups excluding carboxylic acids is 1. The van der Waals surface area contributed by atoms with Crippen LogP contribution in [0.5, 0.6) is 11.5 Å². The number of benzene rings is 1. The second-order valence-corrected chi connectivity index (χ2v) is 5.34. The minimum Gasteiger partial charge on any atom is -0.493 e. The van der Waals surface area contributed by atoms with Gasteiger partial charge in [-0.05, 0) is 32.9 Å². The first-order valence-corrected chi connectivity index (χ1v) is 6.14. The molecule has 0 radical (unpaired) electrons. The summed E-state index contributed by atoms with van der Waals surface area (Å²) in [4.78, 5) is 12.0. The molecule has 1 heterocycles. The molecule has 0 fully saturated rings. The molecule has 1 aliphatic rings. The molecule has 0 spiro atoms. The van der Waals surface area contributed by atoms with Crippen LogP contribution in [0.15, 0.2) is 23.8 Å². The second-order valence-electron chi connectivity index (χ2n) is 5.34. The zero-order chi connectivity index (χ0) is 14.0. The third kappa shape index (κ3) is 3.08. The van der Waals surface area contributed by atoms with Crippen LogP contribution in [-0.4, -0.2) is 25.3 Å². The minimum atomic E-state index is -0.507. The van der Waals surface area contributed by atoms with Crippen LogP contribution >= 0.6 is 0 Å². The van der Waals surface area contributed by atoms with E-state index in [0.29, 0.717) is 17.1 Å². The summed E-state index contributed by atoms with van der Waals surface area (Å²) in [6.45, 7) is 5.71. The average molecular weight is 262 g/mol. The van der Waals surface area contributed by atoms with E-state index in [4.69, 9.17) is 14.2 Å². The molecule has 19 heavy (non-hydrogen) atoms.